The molecule has 0 saturated heterocycles. The molecule has 1 N–H and O–H groups in total. The summed E-state index contributed by atoms with van der Waals surface area (Å²) in [6.45, 7) is 1.33. The zero-order chi connectivity index (χ0) is 14.5. The lowest BCUT2D eigenvalue weighted by molar-refractivity contribution is -0.384. The lowest BCUT2D eigenvalue weighted by atomic mass is 10.2. The van der Waals surface area contributed by atoms with Gasteiger partial charge in [-0.2, -0.15) is 0 Å². The molecule has 0 heterocycles. The van der Waals surface area contributed by atoms with Crippen molar-refractivity contribution in [3.05, 3.63) is 73.2 Å². The molecule has 0 unspecified atom stereocenters. The van der Waals surface area contributed by atoms with Gasteiger partial charge in [-0.3, -0.25) is 10.1 Å². The summed E-state index contributed by atoms with van der Waals surface area (Å²) in [7, 11) is 0. The van der Waals surface area contributed by atoms with E-state index >= 15 is 0 Å². The first-order chi connectivity index (χ1) is 9.56. The lowest BCUT2D eigenvalue weighted by Gasteiger charge is -2.06. The van der Waals surface area contributed by atoms with Crippen LogP contribution in [0.3, 0.4) is 0 Å². The predicted octanol–water partition coefficient (Wildman–Crippen LogP) is 4.30. The van der Waals surface area contributed by atoms with Crippen LogP contribution in [0.2, 0.25) is 5.02 Å². The van der Waals surface area contributed by atoms with Crippen molar-refractivity contribution in [3.8, 4) is 0 Å². The molecule has 0 aliphatic heterocycles. The summed E-state index contributed by atoms with van der Waals surface area (Å²) < 4.78 is 0.873. The van der Waals surface area contributed by atoms with Crippen LogP contribution < -0.4 is 5.32 Å². The van der Waals surface area contributed by atoms with Crippen LogP contribution in [0.15, 0.2) is 46.9 Å². The van der Waals surface area contributed by atoms with Crippen LogP contribution in [0.25, 0.3) is 0 Å². The van der Waals surface area contributed by atoms with Crippen LogP contribution in [0.4, 0.5) is 5.69 Å². The minimum atomic E-state index is -0.402. The first kappa shape index (κ1) is 15.0. The summed E-state index contributed by atoms with van der Waals surface area (Å²) in [5.74, 6) is 0. The Balaban J connectivity index is 1.89. The Morgan fingerprint density at radius 3 is 2.30 bits per heavy atom. The third kappa shape index (κ3) is 4.03. The molecule has 2 aromatic carbocycles. The molecule has 0 atom stereocenters. The second kappa shape index (κ2) is 6.83. The number of nitrogens with zero attached hydrogens (tertiary/aromatic N) is 1. The number of nitrogens with one attached hydrogen (secondary N) is 1. The van der Waals surface area contributed by atoms with Gasteiger partial charge in [-0.15, -0.1) is 0 Å². The molecule has 0 fully saturated rings. The fraction of sp³-hybridized carbons (Fsp3) is 0.143. The van der Waals surface area contributed by atoms with Gasteiger partial charge >= 0.3 is 0 Å². The highest BCUT2D eigenvalue weighted by Crippen LogP contribution is 2.23. The van der Waals surface area contributed by atoms with Crippen molar-refractivity contribution in [1.82, 2.24) is 5.32 Å². The number of nitro benzene ring substituents is 1. The monoisotopic (exact) mass is 354 g/mol. The molecule has 0 aliphatic carbocycles. The highest BCUT2D eigenvalue weighted by molar-refractivity contribution is 9.10. The van der Waals surface area contributed by atoms with E-state index in [1.54, 1.807) is 12.1 Å². The van der Waals surface area contributed by atoms with Gasteiger partial charge in [0.2, 0.25) is 0 Å². The van der Waals surface area contributed by atoms with E-state index in [4.69, 9.17) is 11.6 Å². The highest BCUT2D eigenvalue weighted by atomic mass is 79.9. The van der Waals surface area contributed by atoms with E-state index in [0.29, 0.717) is 18.1 Å². The molecule has 0 saturated carbocycles. The van der Waals surface area contributed by atoms with E-state index in [1.165, 1.54) is 12.1 Å². The molecular formula is C14H12BrClN2O2. The third-order valence-electron chi connectivity index (χ3n) is 2.79. The van der Waals surface area contributed by atoms with E-state index in [9.17, 15) is 10.1 Å². The molecule has 0 radical (unpaired) electrons. The minimum Gasteiger partial charge on any atom is -0.309 e. The molecule has 0 amide bonds. The quantitative estimate of drug-likeness (QED) is 0.642. The first-order valence-electron chi connectivity index (χ1n) is 5.94. The van der Waals surface area contributed by atoms with Gasteiger partial charge < -0.3 is 5.32 Å². The van der Waals surface area contributed by atoms with E-state index < -0.39 is 4.92 Å². The van der Waals surface area contributed by atoms with Crippen molar-refractivity contribution in [2.75, 3.05) is 0 Å². The zero-order valence-electron chi connectivity index (χ0n) is 10.5. The molecule has 0 aliphatic rings. The third-order valence-corrected chi connectivity index (χ3v) is 4.02. The Morgan fingerprint density at radius 1 is 1.10 bits per heavy atom. The van der Waals surface area contributed by atoms with Crippen LogP contribution in [0, 0.1) is 10.1 Å². The molecule has 2 rings (SSSR count). The summed E-state index contributed by atoms with van der Waals surface area (Å²) in [5, 5.41) is 14.5. The van der Waals surface area contributed by atoms with Crippen molar-refractivity contribution in [1.29, 1.82) is 0 Å². The Hall–Kier alpha value is -1.43. The standard InChI is InChI=1S/C14H12BrClN2O2/c15-13-6-3-11(7-14(13)16)9-17-8-10-1-4-12(5-2-10)18(19)20/h1-7,17H,8-9H2. The first-order valence-corrected chi connectivity index (χ1v) is 7.11. The van der Waals surface area contributed by atoms with Gasteiger partial charge in [0.1, 0.15) is 0 Å². The second-order valence-electron chi connectivity index (χ2n) is 4.28. The molecule has 2 aromatic rings. The minimum absolute atomic E-state index is 0.105. The van der Waals surface area contributed by atoms with E-state index in [2.05, 4.69) is 21.2 Å². The van der Waals surface area contributed by atoms with E-state index in [1.807, 2.05) is 18.2 Å². The average Bonchev–Trinajstić information content (AvgIpc) is 2.43. The highest BCUT2D eigenvalue weighted by Gasteiger charge is 2.04. The van der Waals surface area contributed by atoms with Gasteiger partial charge in [0.05, 0.1) is 9.95 Å². The van der Waals surface area contributed by atoms with Crippen LogP contribution in [0.1, 0.15) is 11.1 Å². The van der Waals surface area contributed by atoms with Gasteiger partial charge in [0.15, 0.2) is 0 Å². The molecule has 4 nitrogen and oxygen atoms in total. The maximum Gasteiger partial charge on any atom is 0.269 e. The van der Waals surface area contributed by atoms with Crippen molar-refractivity contribution in [2.24, 2.45) is 0 Å². The maximum absolute atomic E-state index is 10.5. The number of hydrogen-bond donors (Lipinski definition) is 1. The molecule has 20 heavy (non-hydrogen) atoms. The topological polar surface area (TPSA) is 55.2 Å². The molecule has 0 bridgehead atoms. The SMILES string of the molecule is O=[N+]([O-])c1ccc(CNCc2ccc(Br)c(Cl)c2)cc1. The lowest BCUT2D eigenvalue weighted by Crippen LogP contribution is -2.12. The van der Waals surface area contributed by atoms with Crippen LogP contribution in [0.5, 0.6) is 0 Å². The Labute approximate surface area is 130 Å². The average molecular weight is 356 g/mol. The van der Waals surface area contributed by atoms with Gasteiger partial charge in [-0.25, -0.2) is 0 Å². The van der Waals surface area contributed by atoms with E-state index in [-0.39, 0.29) is 5.69 Å². The number of rotatable bonds is 5. The summed E-state index contributed by atoms with van der Waals surface area (Å²) in [6.07, 6.45) is 0. The molecule has 6 heteroatoms. The van der Waals surface area contributed by atoms with Crippen LogP contribution in [-0.4, -0.2) is 4.92 Å². The number of nitro groups is 1. The zero-order valence-corrected chi connectivity index (χ0v) is 12.8. The fourth-order valence-electron chi connectivity index (χ4n) is 1.74. The normalized spacial score (nSPS) is 10.5. The van der Waals surface area contributed by atoms with Crippen LogP contribution in [-0.2, 0) is 13.1 Å². The second-order valence-corrected chi connectivity index (χ2v) is 5.54. The van der Waals surface area contributed by atoms with Crippen molar-refractivity contribution >= 4 is 33.2 Å². The number of hydrogen-bond acceptors (Lipinski definition) is 3. The van der Waals surface area contributed by atoms with Crippen molar-refractivity contribution < 1.29 is 4.92 Å². The number of halogens is 2. The molecule has 0 aromatic heterocycles. The molecule has 0 spiro atoms. The van der Waals surface area contributed by atoms with Gasteiger partial charge in [-0.1, -0.05) is 29.8 Å². The van der Waals surface area contributed by atoms with Crippen molar-refractivity contribution in [3.63, 3.8) is 0 Å². The number of non-ortho nitro benzene ring substituents is 1. The summed E-state index contributed by atoms with van der Waals surface area (Å²) in [4.78, 5) is 10.1. The number of benzene rings is 2. The Kier molecular flexibility index (Phi) is 5.11. The fourth-order valence-corrected chi connectivity index (χ4v) is 2.19. The van der Waals surface area contributed by atoms with E-state index in [0.717, 1.165) is 15.6 Å². The largest absolute Gasteiger partial charge is 0.309 e. The van der Waals surface area contributed by atoms with Gasteiger partial charge in [0, 0.05) is 29.7 Å². The molecular weight excluding hydrogens is 344 g/mol. The summed E-state index contributed by atoms with van der Waals surface area (Å²) in [5.41, 5.74) is 2.19. The molecule has 104 valence electrons. The van der Waals surface area contributed by atoms with Crippen molar-refractivity contribution in [2.45, 2.75) is 13.1 Å². The maximum atomic E-state index is 10.5. The summed E-state index contributed by atoms with van der Waals surface area (Å²) >= 11 is 9.36. The van der Waals surface area contributed by atoms with Gasteiger partial charge in [-0.05, 0) is 39.2 Å². The Morgan fingerprint density at radius 2 is 1.70 bits per heavy atom. The predicted molar refractivity (Wildman–Crippen MR) is 82.8 cm³/mol. The Bertz CT molecular complexity index is 617. The van der Waals surface area contributed by atoms with Crippen LogP contribution >= 0.6 is 27.5 Å². The smallest absolute Gasteiger partial charge is 0.269 e. The summed E-state index contributed by atoms with van der Waals surface area (Å²) in [6, 6.07) is 12.3. The van der Waals surface area contributed by atoms with Gasteiger partial charge in [0.25, 0.3) is 5.69 Å².